The molecule has 33 heavy (non-hydrogen) atoms. The molecule has 0 bridgehead atoms. The number of amides is 2. The highest BCUT2D eigenvalue weighted by molar-refractivity contribution is 7.99. The fourth-order valence-corrected chi connectivity index (χ4v) is 5.45. The minimum absolute atomic E-state index is 0.00587. The number of hydrogen-bond acceptors (Lipinski definition) is 8. The van der Waals surface area contributed by atoms with Crippen molar-refractivity contribution in [1.82, 2.24) is 24.4 Å². The molecule has 0 aliphatic carbocycles. The lowest BCUT2D eigenvalue weighted by Crippen LogP contribution is -2.32. The van der Waals surface area contributed by atoms with Crippen molar-refractivity contribution in [3.8, 4) is 11.4 Å². The van der Waals surface area contributed by atoms with E-state index in [9.17, 15) is 18.0 Å². The van der Waals surface area contributed by atoms with Crippen LogP contribution in [0.1, 0.15) is 47.1 Å². The van der Waals surface area contributed by atoms with Crippen molar-refractivity contribution in [1.29, 1.82) is 0 Å². The molecular weight excluding hydrogens is 466 g/mol. The average Bonchev–Trinajstić information content (AvgIpc) is 3.22. The van der Waals surface area contributed by atoms with Crippen LogP contribution < -0.4 is 5.32 Å². The fraction of sp³-hybridized carbons (Fsp3) is 0.524. The van der Waals surface area contributed by atoms with E-state index in [0.717, 1.165) is 18.2 Å². The Labute approximate surface area is 199 Å². The van der Waals surface area contributed by atoms with Gasteiger partial charge in [-0.15, -0.1) is 10.2 Å². The summed E-state index contributed by atoms with van der Waals surface area (Å²) in [6.45, 7) is 10.2. The molecule has 1 aromatic heterocycles. The van der Waals surface area contributed by atoms with E-state index in [1.807, 2.05) is 18.4 Å². The molecular formula is C21H31N5O5S2. The van der Waals surface area contributed by atoms with Gasteiger partial charge in [-0.3, -0.25) is 14.7 Å². The lowest BCUT2D eigenvalue weighted by Gasteiger charge is -2.19. The van der Waals surface area contributed by atoms with Gasteiger partial charge in [0.2, 0.25) is 15.9 Å². The molecule has 0 aliphatic heterocycles. The van der Waals surface area contributed by atoms with Crippen molar-refractivity contribution >= 4 is 33.8 Å². The first-order valence-electron chi connectivity index (χ1n) is 10.8. The van der Waals surface area contributed by atoms with E-state index in [1.54, 1.807) is 45.0 Å². The van der Waals surface area contributed by atoms with Crippen LogP contribution in [0.5, 0.6) is 0 Å². The fourth-order valence-electron chi connectivity index (χ4n) is 3.11. The maximum atomic E-state index is 13.0. The van der Waals surface area contributed by atoms with Crippen LogP contribution >= 0.6 is 11.8 Å². The number of hydrogen-bond donors (Lipinski definition) is 1. The number of ether oxygens (including phenoxy) is 1. The van der Waals surface area contributed by atoms with Crippen molar-refractivity contribution in [3.63, 3.8) is 0 Å². The Kier molecular flexibility index (Phi) is 9.87. The van der Waals surface area contributed by atoms with E-state index in [-0.39, 0.29) is 23.3 Å². The molecule has 0 spiro atoms. The van der Waals surface area contributed by atoms with E-state index in [0.29, 0.717) is 29.6 Å². The van der Waals surface area contributed by atoms with Gasteiger partial charge < -0.3 is 4.74 Å². The monoisotopic (exact) mass is 497 g/mol. The van der Waals surface area contributed by atoms with Crippen LogP contribution in [0, 0.1) is 0 Å². The van der Waals surface area contributed by atoms with Crippen molar-refractivity contribution < 1.29 is 22.7 Å². The smallest absolute Gasteiger partial charge is 0.413 e. The molecule has 0 saturated heterocycles. The van der Waals surface area contributed by atoms with E-state index in [1.165, 1.54) is 4.31 Å². The quantitative estimate of drug-likeness (QED) is 0.469. The van der Waals surface area contributed by atoms with Crippen LogP contribution in [0.2, 0.25) is 0 Å². The number of thioether (sulfide) groups is 1. The second kappa shape index (κ2) is 12.1. The van der Waals surface area contributed by atoms with Gasteiger partial charge >= 0.3 is 6.09 Å². The highest BCUT2D eigenvalue weighted by Crippen LogP contribution is 2.30. The Bertz CT molecular complexity index is 1070. The number of carbonyl (C=O) groups is 2. The molecule has 0 aliphatic rings. The second-order valence-corrected chi connectivity index (χ2v) is 9.99. The third-order valence-electron chi connectivity index (χ3n) is 4.98. The van der Waals surface area contributed by atoms with Crippen molar-refractivity contribution in [2.75, 3.05) is 25.4 Å². The maximum absolute atomic E-state index is 13.0. The van der Waals surface area contributed by atoms with Crippen molar-refractivity contribution in [2.45, 2.75) is 57.1 Å². The summed E-state index contributed by atoms with van der Waals surface area (Å²) in [5.74, 6) is -0.0516. The van der Waals surface area contributed by atoms with E-state index in [2.05, 4.69) is 15.5 Å². The Morgan fingerprint density at radius 2 is 1.88 bits per heavy atom. The zero-order chi connectivity index (χ0) is 24.6. The number of nitrogens with one attached hydrogen (secondary N) is 1. The molecule has 182 valence electrons. The van der Waals surface area contributed by atoms with Crippen LogP contribution in [-0.4, -0.2) is 64.9 Å². The van der Waals surface area contributed by atoms with Crippen LogP contribution in [0.4, 0.5) is 4.79 Å². The van der Waals surface area contributed by atoms with Crippen LogP contribution in [0.3, 0.4) is 0 Å². The average molecular weight is 498 g/mol. The van der Waals surface area contributed by atoms with Gasteiger partial charge in [0.25, 0.3) is 0 Å². The van der Waals surface area contributed by atoms with Gasteiger partial charge in [-0.2, -0.15) is 4.31 Å². The summed E-state index contributed by atoms with van der Waals surface area (Å²) in [4.78, 5) is 23.7. The summed E-state index contributed by atoms with van der Waals surface area (Å²) >= 11 is 1.14. The number of sulfonamides is 1. The number of rotatable bonds is 11. The molecule has 1 N–H and O–H groups in total. The van der Waals surface area contributed by atoms with Crippen molar-refractivity contribution in [3.05, 3.63) is 24.3 Å². The Hall–Kier alpha value is -2.44. The van der Waals surface area contributed by atoms with E-state index in [4.69, 9.17) is 4.74 Å². The Morgan fingerprint density at radius 1 is 1.18 bits per heavy atom. The van der Waals surface area contributed by atoms with Gasteiger partial charge in [-0.25, -0.2) is 13.2 Å². The largest absolute Gasteiger partial charge is 0.450 e. The van der Waals surface area contributed by atoms with Gasteiger partial charge in [0.15, 0.2) is 11.0 Å². The summed E-state index contributed by atoms with van der Waals surface area (Å²) in [5.41, 5.74) is 0.610. The zero-order valence-corrected chi connectivity index (χ0v) is 21.2. The molecule has 1 aromatic carbocycles. The van der Waals surface area contributed by atoms with Gasteiger partial charge in [0.05, 0.1) is 17.3 Å². The number of nitrogens with zero attached hydrogens (tertiary/aromatic N) is 4. The minimum atomic E-state index is -3.63. The third-order valence-corrected chi connectivity index (χ3v) is 7.97. The molecule has 2 rings (SSSR count). The molecule has 1 atom stereocenters. The minimum Gasteiger partial charge on any atom is -0.450 e. The summed E-state index contributed by atoms with van der Waals surface area (Å²) in [6, 6.07) is 6.62. The summed E-state index contributed by atoms with van der Waals surface area (Å²) in [6.07, 6.45) is -0.0242. The molecule has 2 amide bonds. The number of imide groups is 1. The van der Waals surface area contributed by atoms with E-state index < -0.39 is 22.0 Å². The molecule has 1 heterocycles. The van der Waals surface area contributed by atoms with Crippen LogP contribution in [0.25, 0.3) is 11.4 Å². The first kappa shape index (κ1) is 26.8. The predicted octanol–water partition coefficient (Wildman–Crippen LogP) is 3.31. The standard InChI is InChI=1S/C21H31N5O5S2/c1-6-15(5)26-19(23-24-20(26)32-14-18(27)22-21(28)31-9-4)16-11-10-12-17(13-16)33(29,30)25(7-2)8-3/h10-13,15H,6-9,14H2,1-5H3,(H,22,27,28). The second-order valence-electron chi connectivity index (χ2n) is 7.11. The van der Waals surface area contributed by atoms with E-state index >= 15 is 0 Å². The van der Waals surface area contributed by atoms with Gasteiger partial charge in [-0.05, 0) is 32.4 Å². The molecule has 0 saturated carbocycles. The van der Waals surface area contributed by atoms with Gasteiger partial charge in [0, 0.05) is 24.7 Å². The number of aromatic nitrogens is 3. The Balaban J connectivity index is 2.36. The predicted molar refractivity (Wildman–Crippen MR) is 126 cm³/mol. The normalized spacial score (nSPS) is 12.5. The maximum Gasteiger partial charge on any atom is 0.413 e. The first-order valence-corrected chi connectivity index (χ1v) is 13.3. The summed E-state index contributed by atoms with van der Waals surface area (Å²) in [5, 5.41) is 11.2. The number of carbonyl (C=O) groups excluding carboxylic acids is 2. The molecule has 1 unspecified atom stereocenters. The highest BCUT2D eigenvalue weighted by atomic mass is 32.2. The molecule has 2 aromatic rings. The lowest BCUT2D eigenvalue weighted by molar-refractivity contribution is -0.117. The zero-order valence-electron chi connectivity index (χ0n) is 19.6. The van der Waals surface area contributed by atoms with Crippen LogP contribution in [-0.2, 0) is 19.6 Å². The molecule has 0 radical (unpaired) electrons. The summed E-state index contributed by atoms with van der Waals surface area (Å²) in [7, 11) is -3.63. The summed E-state index contributed by atoms with van der Waals surface area (Å²) < 4.78 is 33.9. The van der Waals surface area contributed by atoms with Gasteiger partial charge in [-0.1, -0.05) is 44.7 Å². The molecule has 10 nitrogen and oxygen atoms in total. The topological polar surface area (TPSA) is 123 Å². The van der Waals surface area contributed by atoms with Crippen molar-refractivity contribution in [2.24, 2.45) is 0 Å². The highest BCUT2D eigenvalue weighted by Gasteiger charge is 2.24. The number of alkyl carbamates (subject to hydrolysis) is 1. The lowest BCUT2D eigenvalue weighted by atomic mass is 10.2. The Morgan fingerprint density at radius 3 is 2.48 bits per heavy atom. The van der Waals surface area contributed by atoms with Gasteiger partial charge in [0.1, 0.15) is 0 Å². The number of benzene rings is 1. The molecule has 12 heteroatoms. The molecule has 0 fully saturated rings. The first-order chi connectivity index (χ1) is 15.7. The third kappa shape index (κ3) is 6.55. The SMILES string of the molecule is CCOC(=O)NC(=O)CSc1nnc(-c2cccc(S(=O)(=O)N(CC)CC)c2)n1C(C)CC. The van der Waals surface area contributed by atoms with Crippen LogP contribution in [0.15, 0.2) is 34.3 Å².